The minimum Gasteiger partial charge on any atom is -0.311 e. The largest absolute Gasteiger partial charge is 0.325 e. The molecule has 0 bridgehead atoms. The van der Waals surface area contributed by atoms with Gasteiger partial charge in [-0.15, -0.1) is 0 Å². The Morgan fingerprint density at radius 1 is 1.21 bits per heavy atom. The number of halogens is 1. The highest BCUT2D eigenvalue weighted by atomic mass is 19.1. The van der Waals surface area contributed by atoms with Crippen LogP contribution >= 0.6 is 0 Å². The van der Waals surface area contributed by atoms with Crippen LogP contribution in [0.5, 0.6) is 0 Å². The Balaban J connectivity index is 0.000000292. The molecule has 0 spiro atoms. The fourth-order valence-corrected chi connectivity index (χ4v) is 0.393. The van der Waals surface area contributed by atoms with Crippen molar-refractivity contribution in [3.8, 4) is 0 Å². The number of H-pyrrole nitrogens is 2. The van der Waals surface area contributed by atoms with Gasteiger partial charge >= 0.3 is 5.69 Å². The van der Waals surface area contributed by atoms with E-state index in [2.05, 4.69) is 27.7 Å². The molecule has 0 aliphatic carbocycles. The van der Waals surface area contributed by atoms with Gasteiger partial charge in [0.05, 0.1) is 0 Å². The van der Waals surface area contributed by atoms with E-state index >= 15 is 0 Å². The van der Waals surface area contributed by atoms with Crippen molar-refractivity contribution < 1.29 is 4.39 Å². The van der Waals surface area contributed by atoms with Crippen LogP contribution in [-0.2, 0) is 0 Å². The lowest BCUT2D eigenvalue weighted by Crippen LogP contribution is -2.23. The highest BCUT2D eigenvalue weighted by Gasteiger charge is 1.95. The molecule has 0 fully saturated rings. The lowest BCUT2D eigenvalue weighted by atomic mass is 10.0. The molecule has 1 aromatic rings. The highest BCUT2D eigenvalue weighted by molar-refractivity contribution is 4.83. The predicted octanol–water partition coefficient (Wildman–Crippen LogP) is 1.25. The van der Waals surface area contributed by atoms with Gasteiger partial charge in [0.25, 0.3) is 5.56 Å². The molecule has 5 heteroatoms. The lowest BCUT2D eigenvalue weighted by Gasteiger charge is -2.05. The Morgan fingerprint density at radius 2 is 1.64 bits per heavy atom. The Bertz CT molecular complexity index is 381. The third kappa shape index (κ3) is 7.27. The van der Waals surface area contributed by atoms with Gasteiger partial charge in [-0.25, -0.2) is 4.79 Å². The Labute approximate surface area is 81.2 Å². The molecule has 0 saturated heterocycles. The SMILES string of the molecule is CC(C)(C)C.O=c1[nH]cc(F)c(=O)[nH]1. The smallest absolute Gasteiger partial charge is 0.311 e. The maximum atomic E-state index is 12.0. The summed E-state index contributed by atoms with van der Waals surface area (Å²) in [6.07, 6.45) is 0.709. The summed E-state index contributed by atoms with van der Waals surface area (Å²) in [6.45, 7) is 8.75. The fraction of sp³-hybridized carbons (Fsp3) is 0.556. The second-order valence-corrected chi connectivity index (χ2v) is 4.42. The van der Waals surface area contributed by atoms with E-state index in [0.717, 1.165) is 0 Å². The maximum Gasteiger partial charge on any atom is 0.325 e. The quantitative estimate of drug-likeness (QED) is 0.665. The zero-order chi connectivity index (χ0) is 11.4. The summed E-state index contributed by atoms with van der Waals surface area (Å²) in [5, 5.41) is 0. The summed E-state index contributed by atoms with van der Waals surface area (Å²) in [7, 11) is 0. The summed E-state index contributed by atoms with van der Waals surface area (Å²) < 4.78 is 12.0. The van der Waals surface area contributed by atoms with E-state index in [-0.39, 0.29) is 0 Å². The van der Waals surface area contributed by atoms with Gasteiger partial charge in [0.2, 0.25) is 5.82 Å². The summed E-state index contributed by atoms with van der Waals surface area (Å²) in [5.41, 5.74) is -1.21. The van der Waals surface area contributed by atoms with Crippen LogP contribution in [0.25, 0.3) is 0 Å². The van der Waals surface area contributed by atoms with Crippen LogP contribution in [0.3, 0.4) is 0 Å². The van der Waals surface area contributed by atoms with Crippen LogP contribution in [0.2, 0.25) is 0 Å². The van der Waals surface area contributed by atoms with Gasteiger partial charge in [-0.3, -0.25) is 9.78 Å². The van der Waals surface area contributed by atoms with Crippen molar-refractivity contribution in [2.24, 2.45) is 5.41 Å². The van der Waals surface area contributed by atoms with Gasteiger partial charge in [0, 0.05) is 6.20 Å². The topological polar surface area (TPSA) is 65.7 Å². The average molecular weight is 202 g/mol. The number of hydrogen-bond acceptors (Lipinski definition) is 2. The summed E-state index contributed by atoms with van der Waals surface area (Å²) in [6, 6.07) is 0. The number of rotatable bonds is 0. The molecule has 0 atom stereocenters. The Hall–Kier alpha value is -1.39. The molecule has 2 N–H and O–H groups in total. The van der Waals surface area contributed by atoms with Crippen molar-refractivity contribution in [3.05, 3.63) is 32.9 Å². The zero-order valence-electron chi connectivity index (χ0n) is 8.77. The minimum atomic E-state index is -1.00. The fourth-order valence-electron chi connectivity index (χ4n) is 0.393. The number of hydrogen-bond donors (Lipinski definition) is 2. The first kappa shape index (κ1) is 12.6. The lowest BCUT2D eigenvalue weighted by molar-refractivity contribution is 0.469. The molecular formula is C9H15FN2O2. The third-order valence-electron chi connectivity index (χ3n) is 0.774. The number of aromatic nitrogens is 2. The molecule has 1 heterocycles. The molecule has 4 nitrogen and oxygen atoms in total. The van der Waals surface area contributed by atoms with E-state index in [0.29, 0.717) is 11.6 Å². The minimum absolute atomic E-state index is 0.500. The molecule has 0 saturated carbocycles. The van der Waals surface area contributed by atoms with Crippen LogP contribution in [-0.4, -0.2) is 9.97 Å². The summed E-state index contributed by atoms with van der Waals surface area (Å²) >= 11 is 0. The third-order valence-corrected chi connectivity index (χ3v) is 0.774. The van der Waals surface area contributed by atoms with Gasteiger partial charge in [-0.2, -0.15) is 4.39 Å². The van der Waals surface area contributed by atoms with E-state index < -0.39 is 17.1 Å². The van der Waals surface area contributed by atoms with Crippen molar-refractivity contribution in [1.82, 2.24) is 9.97 Å². The van der Waals surface area contributed by atoms with E-state index in [9.17, 15) is 14.0 Å². The second kappa shape index (κ2) is 4.74. The van der Waals surface area contributed by atoms with Crippen LogP contribution in [0, 0.1) is 11.2 Å². The van der Waals surface area contributed by atoms with Crippen molar-refractivity contribution in [1.29, 1.82) is 0 Å². The van der Waals surface area contributed by atoms with Crippen molar-refractivity contribution in [3.63, 3.8) is 0 Å². The molecule has 1 aromatic heterocycles. The van der Waals surface area contributed by atoms with Crippen LogP contribution in [0.4, 0.5) is 4.39 Å². The van der Waals surface area contributed by atoms with Crippen LogP contribution in [0.15, 0.2) is 15.8 Å². The molecule has 14 heavy (non-hydrogen) atoms. The molecule has 0 radical (unpaired) electrons. The Morgan fingerprint density at radius 3 is 1.93 bits per heavy atom. The molecule has 0 unspecified atom stereocenters. The van der Waals surface area contributed by atoms with Gasteiger partial charge in [-0.1, -0.05) is 27.7 Å². The first-order chi connectivity index (χ1) is 6.20. The highest BCUT2D eigenvalue weighted by Crippen LogP contribution is 2.07. The van der Waals surface area contributed by atoms with Gasteiger partial charge in [0.15, 0.2) is 0 Å². The standard InChI is InChI=1S/C5H12.C4H3FN2O2/c1-5(2,3)4;5-2-1-6-4(9)7-3(2)8/h1-4H3;1H,(H2,6,7,8,9). The maximum absolute atomic E-state index is 12.0. The van der Waals surface area contributed by atoms with E-state index in [4.69, 9.17) is 0 Å². The zero-order valence-corrected chi connectivity index (χ0v) is 8.77. The monoisotopic (exact) mass is 202 g/mol. The molecule has 0 aromatic carbocycles. The summed E-state index contributed by atoms with van der Waals surface area (Å²) in [5.74, 6) is -0.991. The molecule has 0 amide bonds. The molecule has 0 aliphatic rings. The molecule has 0 aliphatic heterocycles. The normalized spacial score (nSPS) is 10.4. The number of aromatic amines is 2. The predicted molar refractivity (Wildman–Crippen MR) is 52.8 cm³/mol. The first-order valence-corrected chi connectivity index (χ1v) is 4.17. The van der Waals surface area contributed by atoms with Crippen molar-refractivity contribution in [2.75, 3.05) is 0 Å². The average Bonchev–Trinajstić information content (AvgIpc) is 1.94. The second-order valence-electron chi connectivity index (χ2n) is 4.42. The van der Waals surface area contributed by atoms with Gasteiger partial charge in [0.1, 0.15) is 0 Å². The van der Waals surface area contributed by atoms with Crippen LogP contribution < -0.4 is 11.2 Å². The molecular weight excluding hydrogens is 187 g/mol. The van der Waals surface area contributed by atoms with Gasteiger partial charge < -0.3 is 4.98 Å². The Kier molecular flexibility index (Phi) is 4.27. The van der Waals surface area contributed by atoms with E-state index in [1.807, 2.05) is 4.98 Å². The summed E-state index contributed by atoms with van der Waals surface area (Å²) in [4.78, 5) is 24.0. The van der Waals surface area contributed by atoms with E-state index in [1.54, 1.807) is 4.98 Å². The van der Waals surface area contributed by atoms with Crippen molar-refractivity contribution >= 4 is 0 Å². The van der Waals surface area contributed by atoms with Gasteiger partial charge in [-0.05, 0) is 5.41 Å². The first-order valence-electron chi connectivity index (χ1n) is 4.17. The van der Waals surface area contributed by atoms with Crippen LogP contribution in [0.1, 0.15) is 27.7 Å². The number of nitrogens with one attached hydrogen (secondary N) is 2. The van der Waals surface area contributed by atoms with Crippen molar-refractivity contribution in [2.45, 2.75) is 27.7 Å². The molecule has 1 rings (SSSR count). The van der Waals surface area contributed by atoms with E-state index in [1.165, 1.54) is 0 Å². The molecule has 80 valence electrons.